The number of hydrogen-bond acceptors (Lipinski definition) is 7. The Kier molecular flexibility index (Phi) is 90.9. The third-order valence-corrected chi connectivity index (χ3v) is 26.0. The minimum Gasteiger partial charge on any atom is -0.665 e. The van der Waals surface area contributed by atoms with E-state index in [1.54, 1.807) is 0 Å². The van der Waals surface area contributed by atoms with Gasteiger partial charge in [-0.2, -0.15) is 194 Å². The molecule has 0 aromatic heterocycles. The van der Waals surface area contributed by atoms with Crippen LogP contribution in [0.1, 0.15) is 243 Å². The number of esters is 1. The standard InChI is InChI=1S/C25H42N8.C20H36N4.C18H34N4.C16H24N4.C16H32N4.C13H25N4O2.7Cu/c1-6-26-8-11-29-15-19-32(18-14-27-7-1)22-24-2-4-25(5-3-24)23-33-20-16-30-12-9-28-10-13-31-17-21-33;1-15-11-13-21-18-8-4-6-10-20(18)24-16(2)12-14-22-17-7-3-5-9-19(17)23-15;1-13-9-17(5,6)19-12-16(4)22-14(2)10-18(7,8)20-11-15(3)21-13;1-14-2-4-15(5-3-14)12-16-13-19-9-8-17-6-7-18-10-11-20-16;1-13-11-15(3,4)19-10-8-18-14(2)12-16(5,6)20-9-7-17-13;1-2-19-13(18)3-10-17-11-8-15-6-4-14-5-7-16-9-12-17;;;;;;;/h2-5H,1,6-23H2;15-20H,3-14H2,1-2H3;15-16H,9-12H2,1-8H3;2-5,16H,6-13H2,1H3;13-14H,7-12H2,1-6H3;2-12H2,1H3;;;;;;;/q-6;-4;-2;2*-4;-3;;;;;;;+2/t;;;;13-,14-;;;;;;;;/m....0......../s1/i;;;;;;7*1+0. The molecule has 875 valence electrons. The Balaban J connectivity index is 0. The first-order valence-corrected chi connectivity index (χ1v) is 54.1. The average Bonchev–Trinajstić information content (AvgIpc) is 0.878. The van der Waals surface area contributed by atoms with E-state index in [9.17, 15) is 4.79 Å². The summed E-state index contributed by atoms with van der Waals surface area (Å²) in [6.07, 6.45) is 18.7. The van der Waals surface area contributed by atoms with Gasteiger partial charge in [0.1, 0.15) is 0 Å². The summed E-state index contributed by atoms with van der Waals surface area (Å²) in [6.45, 7) is 75.5. The zero-order valence-electron chi connectivity index (χ0n) is 92.3. The van der Waals surface area contributed by atoms with Gasteiger partial charge in [0.15, 0.2) is 0 Å². The van der Waals surface area contributed by atoms with Crippen LogP contribution in [0.25, 0.3) is 122 Å². The van der Waals surface area contributed by atoms with E-state index in [2.05, 4.69) is 245 Å². The smallest absolute Gasteiger partial charge is 0.665 e. The number of rotatable bonds is 10. The maximum absolute atomic E-state index is 11.4. The number of fused-ring (bicyclic) bond motifs is 2. The van der Waals surface area contributed by atoms with Gasteiger partial charge in [-0.25, -0.2) is 0 Å². The van der Waals surface area contributed by atoms with Crippen molar-refractivity contribution >= 4 is 17.4 Å². The fraction of sp³-hybridized carbons (Fsp3) is 0.861. The van der Waals surface area contributed by atoms with Crippen LogP contribution in [0.4, 0.5) is 0 Å². The predicted octanol–water partition coefficient (Wildman–Crippen LogP) is 23.8. The van der Waals surface area contributed by atoms with Crippen molar-refractivity contribution in [2.45, 2.75) is 335 Å². The van der Waals surface area contributed by atoms with Crippen molar-refractivity contribution < 1.29 is 129 Å². The second-order valence-corrected chi connectivity index (χ2v) is 42.0. The molecule has 2 saturated carbocycles. The zero-order valence-corrected chi connectivity index (χ0v) is 98.9. The molecule has 11 atom stereocenters. The van der Waals surface area contributed by atoms with Crippen LogP contribution >= 0.6 is 0 Å². The van der Waals surface area contributed by atoms with Gasteiger partial charge in [-0.3, -0.25) is 14.8 Å². The van der Waals surface area contributed by atoms with E-state index in [0.29, 0.717) is 61.4 Å². The van der Waals surface area contributed by atoms with Crippen molar-refractivity contribution in [2.24, 2.45) is 9.98 Å². The first-order valence-electron chi connectivity index (χ1n) is 54.1. The van der Waals surface area contributed by atoms with Crippen LogP contribution < -0.4 is 0 Å². The Bertz CT molecular complexity index is 3250. The second kappa shape index (κ2) is 89.7. The molecule has 37 heteroatoms. The summed E-state index contributed by atoms with van der Waals surface area (Å²) in [5, 5.41) is 108. The molecule has 8 fully saturated rings. The number of carbonyl (C=O) groups excluding carboxylic acids is 1. The molecular formula is C108H193Cu7N28O2-21. The summed E-state index contributed by atoms with van der Waals surface area (Å²) in [5.74, 6) is -0.124. The minimum absolute atomic E-state index is 0. The van der Waals surface area contributed by atoms with Crippen LogP contribution in [0, 0.1) is 6.92 Å². The van der Waals surface area contributed by atoms with Crippen molar-refractivity contribution in [1.29, 1.82) is 0 Å². The van der Waals surface area contributed by atoms with Gasteiger partial charge in [0.05, 0.1) is 13.0 Å². The maximum atomic E-state index is 11.4. The number of aliphatic imine (C=N–C) groups is 2. The second-order valence-electron chi connectivity index (χ2n) is 42.0. The van der Waals surface area contributed by atoms with E-state index in [1.807, 2.05) is 6.92 Å². The van der Waals surface area contributed by atoms with Gasteiger partial charge in [-0.1, -0.05) is 221 Å². The Hall–Kier alpha value is -0.154. The van der Waals surface area contributed by atoms with Crippen LogP contribution in [-0.2, 0) is 149 Å². The molecule has 2 aromatic rings. The van der Waals surface area contributed by atoms with E-state index in [4.69, 9.17) is 73.2 Å². The van der Waals surface area contributed by atoms with Crippen molar-refractivity contribution in [3.05, 3.63) is 193 Å². The molecule has 30 nitrogen and oxygen atoms in total. The minimum atomic E-state index is -0.124. The predicted molar refractivity (Wildman–Crippen MR) is 595 cm³/mol. The summed E-state index contributed by atoms with van der Waals surface area (Å²) in [6, 6.07) is 22.0. The molecule has 0 bridgehead atoms. The van der Waals surface area contributed by atoms with Crippen LogP contribution in [-0.4, -0.2) is 389 Å². The summed E-state index contributed by atoms with van der Waals surface area (Å²) in [4.78, 5) is 28.2. The SMILES string of the molecule is CC1=NC(C)C[N-]C(C)(C)CC(C)=NC(C)C[N-]C(C)(C)C1.CC1CC[N-]C2CCCCC2[N-]C(C)CC[N-]C2CCCCC2[N-]1.CCOC(=O)CCN1CC[N-]CC[N-]CC[N-]CC1.C[C@H]1CC(C)(C)[N-]CC[N-][C@@H](C)CC(C)(C)[N-]CC[N-]1.Cc1ccc(CC2C[N-]CC[N-]CC[N-]CC[N-]2)cc1.[64Cu+2].[64Cu].[64Cu].[64Cu].[64Cu].[64Cu].[64Cu].c1cc(CN2CC[N-]CC[N-]CC[N-]CC2)ccc1CN1CC[N-]CCC[N-]CC[N-]CC1. The molecule has 7 heterocycles. The van der Waals surface area contributed by atoms with Gasteiger partial charge < -0.3 is 142 Å². The quantitative estimate of drug-likeness (QED) is 0.165. The number of nitrogens with zero attached hydrogens (tertiary/aromatic N) is 28. The summed E-state index contributed by atoms with van der Waals surface area (Å²) in [5.41, 5.74) is 7.54. The van der Waals surface area contributed by atoms with Gasteiger partial charge in [0.2, 0.25) is 0 Å². The van der Waals surface area contributed by atoms with Gasteiger partial charge in [0, 0.05) is 146 Å². The van der Waals surface area contributed by atoms with Crippen molar-refractivity contribution in [2.75, 3.05) is 268 Å². The molecule has 11 rings (SSSR count). The summed E-state index contributed by atoms with van der Waals surface area (Å²) in [7, 11) is 0. The fourth-order valence-corrected chi connectivity index (χ4v) is 18.8. The third-order valence-electron chi connectivity index (χ3n) is 26.0. The summed E-state index contributed by atoms with van der Waals surface area (Å²) < 4.78 is 4.95. The van der Waals surface area contributed by atoms with Crippen molar-refractivity contribution in [3.63, 3.8) is 0 Å². The van der Waals surface area contributed by atoms with E-state index < -0.39 is 0 Å². The summed E-state index contributed by atoms with van der Waals surface area (Å²) >= 11 is 0. The molecule has 2 aromatic carbocycles. The normalized spacial score (nSPS) is 27.4. The Morgan fingerprint density at radius 3 is 1.04 bits per heavy atom. The van der Waals surface area contributed by atoms with Crippen LogP contribution in [0.5, 0.6) is 0 Å². The molecule has 0 spiro atoms. The van der Waals surface area contributed by atoms with E-state index in [1.165, 1.54) is 85.0 Å². The zero-order chi connectivity index (χ0) is 99.6. The molecule has 9 aliphatic rings. The number of benzene rings is 2. The average molecular weight is 2360 g/mol. The molecule has 2 aliphatic carbocycles. The van der Waals surface area contributed by atoms with Crippen LogP contribution in [0.3, 0.4) is 0 Å². The van der Waals surface area contributed by atoms with Crippen LogP contribution in [0.2, 0.25) is 0 Å². The molecule has 7 aliphatic heterocycles. The topological polar surface area (TPSA) is 385 Å². The van der Waals surface area contributed by atoms with E-state index in [-0.39, 0.29) is 166 Å². The maximum Gasteiger partial charge on any atom is 2.00 e. The van der Waals surface area contributed by atoms with Crippen LogP contribution in [0.15, 0.2) is 58.5 Å². The number of hydrogen-bond donors (Lipinski definition) is 0. The molecule has 6 saturated heterocycles. The number of aryl methyl sites for hydroxylation is 1. The van der Waals surface area contributed by atoms with Gasteiger partial charge in [-0.15, -0.1) is 98.7 Å². The monoisotopic (exact) mass is 2360 g/mol. The number of carbonyl (C=O) groups is 1. The largest absolute Gasteiger partial charge is 2.00 e. The molecule has 0 N–H and O–H groups in total. The van der Waals surface area contributed by atoms with E-state index in [0.717, 1.165) is 326 Å². The third kappa shape index (κ3) is 76.2. The van der Waals surface area contributed by atoms with Gasteiger partial charge in [0.25, 0.3) is 0 Å². The van der Waals surface area contributed by atoms with Gasteiger partial charge in [-0.05, 0) is 117 Å². The van der Waals surface area contributed by atoms with Crippen molar-refractivity contribution in [3.8, 4) is 0 Å². The molecule has 145 heavy (non-hydrogen) atoms. The van der Waals surface area contributed by atoms with E-state index >= 15 is 0 Å². The van der Waals surface area contributed by atoms with Gasteiger partial charge >= 0.3 is 23.0 Å². The Labute approximate surface area is 960 Å². The molecular weight excluding hydrogens is 2170 g/mol. The molecule has 9 unspecified atom stereocenters. The first kappa shape index (κ1) is 147. The van der Waals surface area contributed by atoms with Crippen molar-refractivity contribution in [1.82, 2.24) is 14.7 Å². The Morgan fingerprint density at radius 2 is 0.662 bits per heavy atom. The Morgan fingerprint density at radius 1 is 0.338 bits per heavy atom. The number of ether oxygens (including phenoxy) is 1. The molecule has 7 radical (unpaired) electrons. The first-order chi connectivity index (χ1) is 66.5. The fourth-order valence-electron chi connectivity index (χ4n) is 18.8. The molecule has 0 amide bonds.